The van der Waals surface area contributed by atoms with E-state index in [1.165, 1.54) is 27.7 Å². The molecule has 11 atom stereocenters. The molecule has 1 unspecified atom stereocenters. The average molecular weight is 797 g/mol. The maximum absolute atomic E-state index is 13.6. The number of cyclic esters (lactones) is 1. The van der Waals surface area contributed by atoms with E-state index in [-0.39, 0.29) is 37.8 Å². The molecule has 1 aliphatic rings. The zero-order valence-corrected chi connectivity index (χ0v) is 35.6. The zero-order valence-electron chi connectivity index (χ0n) is 35.6. The van der Waals surface area contributed by atoms with Gasteiger partial charge in [0.25, 0.3) is 0 Å². The number of esters is 5. The van der Waals surface area contributed by atoms with E-state index < -0.39 is 84.4 Å². The molecule has 1 heterocycles. The SMILES string of the molecule is CCC[C@H](C/C(C)=C/[C@@H](O)[C@@H](C)C1C[C@H](O)CCC/C=C(\C)CC[C@H](OC(C)=O)C[C@H](OC(C)=O)C[C@@H](OC(C)=O)CC[C@@H](C)[C@H](O)[C@H](C)C(=O)O1)OC(C)=O. The largest absolute Gasteiger partial charge is 0.462 e. The number of aliphatic hydroxyl groups is 3. The van der Waals surface area contributed by atoms with Crippen molar-refractivity contribution < 1.29 is 63.0 Å². The van der Waals surface area contributed by atoms with Crippen LogP contribution < -0.4 is 0 Å². The Hall–Kier alpha value is -3.29. The Morgan fingerprint density at radius 1 is 0.857 bits per heavy atom. The second-order valence-corrected chi connectivity index (χ2v) is 16.0. The predicted molar refractivity (Wildman–Crippen MR) is 211 cm³/mol. The third-order valence-corrected chi connectivity index (χ3v) is 10.4. The summed E-state index contributed by atoms with van der Waals surface area (Å²) in [4.78, 5) is 61.5. The highest BCUT2D eigenvalue weighted by Crippen LogP contribution is 2.28. The molecular weight excluding hydrogens is 724 g/mol. The molecule has 3 N–H and O–H groups in total. The van der Waals surface area contributed by atoms with Crippen LogP contribution in [0.1, 0.15) is 153 Å². The molecule has 0 aromatic carbocycles. The van der Waals surface area contributed by atoms with Gasteiger partial charge in [0, 0.05) is 59.3 Å². The third-order valence-electron chi connectivity index (χ3n) is 10.4. The fourth-order valence-corrected chi connectivity index (χ4v) is 7.24. The van der Waals surface area contributed by atoms with Crippen LogP contribution in [0.5, 0.6) is 0 Å². The van der Waals surface area contributed by atoms with Crippen molar-refractivity contribution in [1.29, 1.82) is 0 Å². The summed E-state index contributed by atoms with van der Waals surface area (Å²) in [5, 5.41) is 33.8. The van der Waals surface area contributed by atoms with Crippen LogP contribution in [-0.4, -0.2) is 94.0 Å². The van der Waals surface area contributed by atoms with E-state index in [1.54, 1.807) is 26.8 Å². The van der Waals surface area contributed by atoms with Crippen molar-refractivity contribution in [1.82, 2.24) is 0 Å². The molecule has 322 valence electrons. The lowest BCUT2D eigenvalue weighted by atomic mass is 9.87. The quantitative estimate of drug-likeness (QED) is 0.115. The monoisotopic (exact) mass is 796 g/mol. The lowest BCUT2D eigenvalue weighted by Gasteiger charge is -2.32. The van der Waals surface area contributed by atoms with Gasteiger partial charge in [-0.15, -0.1) is 0 Å². The molecule has 13 nitrogen and oxygen atoms in total. The van der Waals surface area contributed by atoms with Crippen LogP contribution in [0.15, 0.2) is 23.3 Å². The van der Waals surface area contributed by atoms with Crippen molar-refractivity contribution in [2.45, 2.75) is 202 Å². The summed E-state index contributed by atoms with van der Waals surface area (Å²) in [6, 6.07) is 0. The van der Waals surface area contributed by atoms with Gasteiger partial charge in [0.05, 0.1) is 24.2 Å². The second-order valence-electron chi connectivity index (χ2n) is 16.0. The fourth-order valence-electron chi connectivity index (χ4n) is 7.24. The van der Waals surface area contributed by atoms with Crippen LogP contribution >= 0.6 is 0 Å². The van der Waals surface area contributed by atoms with Gasteiger partial charge < -0.3 is 39.0 Å². The van der Waals surface area contributed by atoms with Gasteiger partial charge in [-0.05, 0) is 78.1 Å². The molecule has 0 fully saturated rings. The number of allylic oxidation sites excluding steroid dienone is 2. The summed E-state index contributed by atoms with van der Waals surface area (Å²) >= 11 is 0. The Kier molecular flexibility index (Phi) is 24.1. The molecule has 0 bridgehead atoms. The summed E-state index contributed by atoms with van der Waals surface area (Å²) in [7, 11) is 0. The van der Waals surface area contributed by atoms with E-state index in [2.05, 4.69) is 6.08 Å². The molecule has 0 spiro atoms. The van der Waals surface area contributed by atoms with Crippen molar-refractivity contribution in [2.24, 2.45) is 17.8 Å². The highest BCUT2D eigenvalue weighted by molar-refractivity contribution is 5.73. The number of hydrogen-bond acceptors (Lipinski definition) is 13. The van der Waals surface area contributed by atoms with Crippen molar-refractivity contribution in [3.8, 4) is 0 Å². The normalized spacial score (nSPS) is 29.7. The molecule has 0 saturated heterocycles. The minimum Gasteiger partial charge on any atom is -0.462 e. The molecule has 0 aromatic heterocycles. The number of aliphatic hydroxyl groups excluding tert-OH is 3. The molecular formula is C43H72O13. The van der Waals surface area contributed by atoms with E-state index in [1.807, 2.05) is 20.8 Å². The molecule has 0 saturated carbocycles. The molecule has 0 amide bonds. The van der Waals surface area contributed by atoms with E-state index in [0.717, 1.165) is 17.6 Å². The summed E-state index contributed by atoms with van der Waals surface area (Å²) < 4.78 is 28.3. The molecule has 0 aromatic rings. The number of carbonyl (C=O) groups excluding carboxylic acids is 5. The average Bonchev–Trinajstić information content (AvgIpc) is 3.08. The maximum Gasteiger partial charge on any atom is 0.311 e. The van der Waals surface area contributed by atoms with Crippen LogP contribution in [-0.2, 0) is 47.7 Å². The third kappa shape index (κ3) is 21.3. The second kappa shape index (κ2) is 26.6. The molecule has 0 aliphatic carbocycles. The molecule has 1 aliphatic heterocycles. The standard InChI is InChI=1S/C43H72O13/c1-11-14-36(52-31(7)44)21-27(3)22-40(49)29(5)41-23-35(48)16-13-12-15-26(2)17-19-37(53-32(8)45)24-39(55-34(10)47)25-38(54-33(9)46)20-18-28(4)42(50)30(6)43(51)56-41/h15,22,28-30,35-42,48-50H,11-14,16-21,23-25H2,1-10H3/b26-15+,27-22+/t28-,29-,30+,35-,36-,37+,38+,39+,40-,41?,42+/m1/s1. The Bertz CT molecular complexity index is 1290. The Balaban J connectivity index is 3.43. The van der Waals surface area contributed by atoms with Crippen molar-refractivity contribution in [3.05, 3.63) is 23.3 Å². The first-order valence-electron chi connectivity index (χ1n) is 20.5. The summed E-state index contributed by atoms with van der Waals surface area (Å²) in [6.45, 7) is 16.1. The molecule has 13 heteroatoms. The Morgan fingerprint density at radius 3 is 1.98 bits per heavy atom. The van der Waals surface area contributed by atoms with Gasteiger partial charge in [0.1, 0.15) is 30.5 Å². The smallest absolute Gasteiger partial charge is 0.311 e. The summed E-state index contributed by atoms with van der Waals surface area (Å²) in [5.74, 6) is -4.62. The number of rotatable bonds is 11. The van der Waals surface area contributed by atoms with Gasteiger partial charge in [-0.2, -0.15) is 0 Å². The van der Waals surface area contributed by atoms with Crippen molar-refractivity contribution in [3.63, 3.8) is 0 Å². The summed E-state index contributed by atoms with van der Waals surface area (Å²) in [5.41, 5.74) is 1.86. The Morgan fingerprint density at radius 2 is 1.43 bits per heavy atom. The van der Waals surface area contributed by atoms with Crippen LogP contribution in [0.4, 0.5) is 0 Å². The molecule has 0 radical (unpaired) electrons. The van der Waals surface area contributed by atoms with E-state index in [9.17, 15) is 39.3 Å². The maximum atomic E-state index is 13.6. The van der Waals surface area contributed by atoms with Gasteiger partial charge in [-0.3, -0.25) is 24.0 Å². The fraction of sp³-hybridized carbons (Fsp3) is 0.791. The van der Waals surface area contributed by atoms with Gasteiger partial charge in [-0.25, -0.2) is 0 Å². The van der Waals surface area contributed by atoms with Gasteiger partial charge in [-0.1, -0.05) is 50.5 Å². The number of hydrogen-bond donors (Lipinski definition) is 3. The highest BCUT2D eigenvalue weighted by atomic mass is 16.6. The molecule has 1 rings (SSSR count). The van der Waals surface area contributed by atoms with Gasteiger partial charge >= 0.3 is 29.8 Å². The van der Waals surface area contributed by atoms with Crippen molar-refractivity contribution >= 4 is 29.8 Å². The summed E-state index contributed by atoms with van der Waals surface area (Å²) in [6.07, 6.45) is 3.27. The Labute approximate surface area is 334 Å². The van der Waals surface area contributed by atoms with Gasteiger partial charge in [0.2, 0.25) is 0 Å². The van der Waals surface area contributed by atoms with Gasteiger partial charge in [0.15, 0.2) is 0 Å². The topological polar surface area (TPSA) is 192 Å². The lowest BCUT2D eigenvalue weighted by molar-refractivity contribution is -0.164. The van der Waals surface area contributed by atoms with E-state index in [4.69, 9.17) is 23.7 Å². The van der Waals surface area contributed by atoms with Crippen LogP contribution in [0.25, 0.3) is 0 Å². The van der Waals surface area contributed by atoms with Crippen LogP contribution in [0.2, 0.25) is 0 Å². The van der Waals surface area contributed by atoms with E-state index >= 15 is 0 Å². The predicted octanol–water partition coefficient (Wildman–Crippen LogP) is 6.61. The lowest BCUT2D eigenvalue weighted by Crippen LogP contribution is -2.40. The first-order valence-corrected chi connectivity index (χ1v) is 20.5. The van der Waals surface area contributed by atoms with E-state index in [0.29, 0.717) is 51.4 Å². The minimum atomic E-state index is -1.14. The highest BCUT2D eigenvalue weighted by Gasteiger charge is 2.35. The first kappa shape index (κ1) is 50.7. The number of ether oxygens (including phenoxy) is 5. The first-order chi connectivity index (χ1) is 26.2. The molecule has 56 heavy (non-hydrogen) atoms. The van der Waals surface area contributed by atoms with Crippen molar-refractivity contribution in [2.75, 3.05) is 0 Å². The zero-order chi connectivity index (χ0) is 42.5. The van der Waals surface area contributed by atoms with Crippen LogP contribution in [0, 0.1) is 17.8 Å². The van der Waals surface area contributed by atoms with Crippen LogP contribution in [0.3, 0.4) is 0 Å². The number of carbonyl (C=O) groups is 5. The minimum absolute atomic E-state index is 0.0709.